The van der Waals surface area contributed by atoms with Crippen LogP contribution in [0.15, 0.2) is 0 Å². The van der Waals surface area contributed by atoms with Crippen LogP contribution in [0.1, 0.15) is 52.4 Å². The lowest BCUT2D eigenvalue weighted by atomic mass is 9.85. The molecular formula is C14H26N2. The lowest BCUT2D eigenvalue weighted by molar-refractivity contribution is 0.0570. The van der Waals surface area contributed by atoms with E-state index in [0.717, 1.165) is 18.5 Å². The van der Waals surface area contributed by atoms with E-state index < -0.39 is 0 Å². The first kappa shape index (κ1) is 11.0. The average Bonchev–Trinajstić information content (AvgIpc) is 2.91. The van der Waals surface area contributed by atoms with Crippen LogP contribution in [0.2, 0.25) is 0 Å². The van der Waals surface area contributed by atoms with E-state index in [-0.39, 0.29) is 0 Å². The summed E-state index contributed by atoms with van der Waals surface area (Å²) in [7, 11) is 0. The van der Waals surface area contributed by atoms with Gasteiger partial charge in [-0.15, -0.1) is 0 Å². The molecule has 3 fully saturated rings. The van der Waals surface area contributed by atoms with Gasteiger partial charge in [0.25, 0.3) is 0 Å². The fourth-order valence-corrected chi connectivity index (χ4v) is 4.68. The highest BCUT2D eigenvalue weighted by atomic mass is 15.3. The summed E-state index contributed by atoms with van der Waals surface area (Å²) in [6, 6.07) is 0.877. The summed E-state index contributed by atoms with van der Waals surface area (Å²) in [5.41, 5.74) is 7.04. The second-order valence-corrected chi connectivity index (χ2v) is 7.25. The van der Waals surface area contributed by atoms with E-state index in [1.165, 1.54) is 45.1 Å². The van der Waals surface area contributed by atoms with Crippen LogP contribution >= 0.6 is 0 Å². The minimum atomic E-state index is 0.364. The predicted molar refractivity (Wildman–Crippen MR) is 67.3 cm³/mol. The number of fused-ring (bicyclic) bond motifs is 2. The summed E-state index contributed by atoms with van der Waals surface area (Å²) in [6.45, 7) is 7.05. The van der Waals surface area contributed by atoms with E-state index in [0.29, 0.717) is 11.0 Å². The zero-order valence-corrected chi connectivity index (χ0v) is 10.8. The Labute approximate surface area is 99.6 Å². The molecule has 2 aliphatic carbocycles. The predicted octanol–water partition coefficient (Wildman–Crippen LogP) is 2.38. The topological polar surface area (TPSA) is 29.3 Å². The molecule has 3 aliphatic rings. The summed E-state index contributed by atoms with van der Waals surface area (Å²) >= 11 is 0. The second kappa shape index (κ2) is 3.46. The van der Waals surface area contributed by atoms with Gasteiger partial charge in [-0.3, -0.25) is 4.90 Å². The van der Waals surface area contributed by atoms with Crippen molar-refractivity contribution in [3.63, 3.8) is 0 Å². The second-order valence-electron chi connectivity index (χ2n) is 7.25. The third kappa shape index (κ3) is 1.53. The molecule has 92 valence electrons. The fraction of sp³-hybridized carbons (Fsp3) is 1.00. The number of likely N-dealkylation sites (tertiary alicyclic amines) is 1. The highest BCUT2D eigenvalue weighted by molar-refractivity contribution is 5.08. The van der Waals surface area contributed by atoms with Crippen molar-refractivity contribution in [1.29, 1.82) is 0 Å². The molecule has 2 nitrogen and oxygen atoms in total. The van der Waals surface area contributed by atoms with Gasteiger partial charge in [0.15, 0.2) is 0 Å². The van der Waals surface area contributed by atoms with E-state index in [1.54, 1.807) is 0 Å². The van der Waals surface area contributed by atoms with Crippen LogP contribution in [0.5, 0.6) is 0 Å². The monoisotopic (exact) mass is 222 g/mol. The molecule has 0 aromatic rings. The molecule has 2 bridgehead atoms. The van der Waals surface area contributed by atoms with E-state index in [1.807, 2.05) is 0 Å². The molecule has 1 heterocycles. The quantitative estimate of drug-likeness (QED) is 0.777. The van der Waals surface area contributed by atoms with Gasteiger partial charge in [-0.05, 0) is 49.9 Å². The fourth-order valence-electron chi connectivity index (χ4n) is 4.68. The Morgan fingerprint density at radius 1 is 1.25 bits per heavy atom. The van der Waals surface area contributed by atoms with Crippen LogP contribution in [0, 0.1) is 11.3 Å². The smallest absolute Gasteiger partial charge is 0.0340 e. The maximum absolute atomic E-state index is 6.16. The van der Waals surface area contributed by atoms with Gasteiger partial charge in [-0.25, -0.2) is 0 Å². The van der Waals surface area contributed by atoms with Crippen molar-refractivity contribution < 1.29 is 0 Å². The normalized spacial score (nSPS) is 46.7. The van der Waals surface area contributed by atoms with Crippen molar-refractivity contribution in [1.82, 2.24) is 4.90 Å². The SMILES string of the molecule is CC1(C)CCC(CN)(N2CC3CCC2C3)C1. The molecule has 0 aromatic heterocycles. The summed E-state index contributed by atoms with van der Waals surface area (Å²) in [6.07, 6.45) is 8.39. The maximum Gasteiger partial charge on any atom is 0.0340 e. The number of rotatable bonds is 2. The van der Waals surface area contributed by atoms with Gasteiger partial charge in [-0.2, -0.15) is 0 Å². The van der Waals surface area contributed by atoms with E-state index in [2.05, 4.69) is 18.7 Å². The summed E-state index contributed by atoms with van der Waals surface area (Å²) in [4.78, 5) is 2.82. The van der Waals surface area contributed by atoms with Crippen LogP contribution in [0.25, 0.3) is 0 Å². The Kier molecular flexibility index (Phi) is 2.38. The summed E-state index contributed by atoms with van der Waals surface area (Å²) < 4.78 is 0. The molecule has 1 aliphatic heterocycles. The molecule has 2 heteroatoms. The van der Waals surface area contributed by atoms with Crippen molar-refractivity contribution in [3.8, 4) is 0 Å². The number of nitrogens with zero attached hydrogens (tertiary/aromatic N) is 1. The molecular weight excluding hydrogens is 196 g/mol. The van der Waals surface area contributed by atoms with Crippen molar-refractivity contribution in [2.24, 2.45) is 17.1 Å². The van der Waals surface area contributed by atoms with E-state index >= 15 is 0 Å². The lowest BCUT2D eigenvalue weighted by Crippen LogP contribution is -2.55. The molecule has 3 atom stereocenters. The number of hydrogen-bond acceptors (Lipinski definition) is 2. The zero-order chi connectivity index (χ0) is 11.4. The number of nitrogens with two attached hydrogens (primary N) is 1. The van der Waals surface area contributed by atoms with E-state index in [4.69, 9.17) is 5.73 Å². The molecule has 3 rings (SSSR count). The van der Waals surface area contributed by atoms with Crippen LogP contribution < -0.4 is 5.73 Å². The Bertz CT molecular complexity index is 286. The Balaban J connectivity index is 1.81. The standard InChI is InChI=1S/C14H26N2/c1-13(2)5-6-14(9-13,10-15)16-8-11-3-4-12(16)7-11/h11-12H,3-10,15H2,1-2H3. The number of hydrogen-bond donors (Lipinski definition) is 1. The first-order valence-corrected chi connectivity index (χ1v) is 7.02. The van der Waals surface area contributed by atoms with Crippen molar-refractivity contribution >= 4 is 0 Å². The summed E-state index contributed by atoms with van der Waals surface area (Å²) in [5, 5.41) is 0. The van der Waals surface area contributed by atoms with E-state index in [9.17, 15) is 0 Å². The molecule has 0 amide bonds. The highest BCUT2D eigenvalue weighted by Crippen LogP contribution is 2.51. The van der Waals surface area contributed by atoms with Crippen molar-refractivity contribution in [2.45, 2.75) is 64.0 Å². The summed E-state index contributed by atoms with van der Waals surface area (Å²) in [5.74, 6) is 0.997. The highest BCUT2D eigenvalue weighted by Gasteiger charge is 2.52. The molecule has 0 aromatic carbocycles. The molecule has 2 saturated carbocycles. The first-order chi connectivity index (χ1) is 7.55. The van der Waals surface area contributed by atoms with Gasteiger partial charge in [0.1, 0.15) is 0 Å². The third-order valence-electron chi connectivity index (χ3n) is 5.47. The molecule has 2 N–H and O–H groups in total. The molecule has 16 heavy (non-hydrogen) atoms. The van der Waals surface area contributed by atoms with Gasteiger partial charge in [0, 0.05) is 24.7 Å². The van der Waals surface area contributed by atoms with Gasteiger partial charge in [-0.1, -0.05) is 13.8 Å². The van der Waals surface area contributed by atoms with Gasteiger partial charge >= 0.3 is 0 Å². The van der Waals surface area contributed by atoms with Crippen molar-refractivity contribution in [2.75, 3.05) is 13.1 Å². The minimum absolute atomic E-state index is 0.364. The lowest BCUT2D eigenvalue weighted by Gasteiger charge is -2.44. The van der Waals surface area contributed by atoms with Gasteiger partial charge < -0.3 is 5.73 Å². The minimum Gasteiger partial charge on any atom is -0.329 e. The van der Waals surface area contributed by atoms with Crippen molar-refractivity contribution in [3.05, 3.63) is 0 Å². The van der Waals surface area contributed by atoms with Gasteiger partial charge in [0.2, 0.25) is 0 Å². The number of piperidine rings is 1. The molecule has 0 spiro atoms. The molecule has 1 saturated heterocycles. The average molecular weight is 222 g/mol. The molecule has 3 unspecified atom stereocenters. The van der Waals surface area contributed by atoms with Crippen LogP contribution in [0.3, 0.4) is 0 Å². The molecule has 0 radical (unpaired) electrons. The Morgan fingerprint density at radius 3 is 2.50 bits per heavy atom. The third-order valence-corrected chi connectivity index (χ3v) is 5.47. The van der Waals surface area contributed by atoms with Crippen LogP contribution in [0.4, 0.5) is 0 Å². The Hall–Kier alpha value is -0.0800. The van der Waals surface area contributed by atoms with Crippen LogP contribution in [-0.4, -0.2) is 29.6 Å². The van der Waals surface area contributed by atoms with Gasteiger partial charge in [0.05, 0.1) is 0 Å². The zero-order valence-electron chi connectivity index (χ0n) is 10.8. The van der Waals surface area contributed by atoms with Crippen LogP contribution in [-0.2, 0) is 0 Å². The first-order valence-electron chi connectivity index (χ1n) is 7.02. The Morgan fingerprint density at radius 2 is 2.06 bits per heavy atom. The largest absolute Gasteiger partial charge is 0.329 e. The maximum atomic E-state index is 6.16.